The molecule has 0 heterocycles. The third kappa shape index (κ3) is 26.9. The van der Waals surface area contributed by atoms with Crippen LogP contribution in [0.25, 0.3) is 0 Å². The van der Waals surface area contributed by atoms with E-state index in [2.05, 4.69) is 54.6 Å². The summed E-state index contributed by atoms with van der Waals surface area (Å²) < 4.78 is 1.08. The zero-order valence-corrected chi connectivity index (χ0v) is 25.3. The van der Waals surface area contributed by atoms with Gasteiger partial charge in [-0.1, -0.05) is 104 Å². The molecule has 0 aromatic rings. The summed E-state index contributed by atoms with van der Waals surface area (Å²) in [4.78, 5) is 0. The minimum absolute atomic E-state index is 0. The van der Waals surface area contributed by atoms with Crippen LogP contribution >= 0.6 is 0 Å². The Morgan fingerprint density at radius 2 is 0.800 bits per heavy atom. The van der Waals surface area contributed by atoms with Crippen molar-refractivity contribution in [1.29, 1.82) is 0 Å². The van der Waals surface area contributed by atoms with Crippen molar-refractivity contribution in [1.82, 2.24) is 0 Å². The second kappa shape index (κ2) is 26.1. The standard InChI is InChI=1S/C23H50N.C3H9N.2BrH/c1-7-8-9-10-11-12-13-14-15-16-17-18-19-20-21-22-23(2,3)24(4,5)6;1-2-3-4;;/h7-22H2,1-6H3;2-4H2,1H3;2*1H/q+1;;;/p-1. The van der Waals surface area contributed by atoms with Gasteiger partial charge in [-0.05, 0) is 26.7 Å². The Balaban J connectivity index is -0.000000513. The van der Waals surface area contributed by atoms with Gasteiger partial charge in [0.15, 0.2) is 0 Å². The minimum Gasteiger partial charge on any atom is -1.00 e. The minimum atomic E-state index is 0. The van der Waals surface area contributed by atoms with Crippen LogP contribution in [-0.4, -0.2) is 37.7 Å². The van der Waals surface area contributed by atoms with Crippen LogP contribution in [0.2, 0.25) is 0 Å². The summed E-state index contributed by atoms with van der Waals surface area (Å²) in [6.07, 6.45) is 24.4. The van der Waals surface area contributed by atoms with Gasteiger partial charge in [-0.3, -0.25) is 0 Å². The Bertz CT molecular complexity index is 300. The van der Waals surface area contributed by atoms with Gasteiger partial charge >= 0.3 is 0 Å². The normalized spacial score (nSPS) is 11.2. The van der Waals surface area contributed by atoms with Crippen LogP contribution in [0.15, 0.2) is 0 Å². The number of hydrogen-bond acceptors (Lipinski definition) is 0. The highest BCUT2D eigenvalue weighted by Gasteiger charge is 2.31. The first-order chi connectivity index (χ1) is 13.2. The summed E-state index contributed by atoms with van der Waals surface area (Å²) >= 11 is 0. The average Bonchev–Trinajstić information content (AvgIpc) is 2.64. The molecule has 0 aliphatic heterocycles. The van der Waals surface area contributed by atoms with Crippen LogP contribution < -0.4 is 39.7 Å². The highest BCUT2D eigenvalue weighted by molar-refractivity contribution is 4.68. The van der Waals surface area contributed by atoms with Crippen LogP contribution in [0.1, 0.15) is 137 Å². The molecule has 0 atom stereocenters. The average molecular weight is 561 g/mol. The molecular formula is C26H60Br2N2. The summed E-state index contributed by atoms with van der Waals surface area (Å²) in [7, 11) is 6.97. The Kier molecular flexibility index (Phi) is 33.2. The lowest BCUT2D eigenvalue weighted by molar-refractivity contribution is -0.920. The van der Waals surface area contributed by atoms with Gasteiger partial charge in [0.1, 0.15) is 0 Å². The van der Waals surface area contributed by atoms with Crippen molar-refractivity contribution in [3.63, 3.8) is 0 Å². The fourth-order valence-electron chi connectivity index (χ4n) is 3.26. The highest BCUT2D eigenvalue weighted by atomic mass is 79.9. The molecule has 0 aromatic heterocycles. The maximum atomic E-state index is 3.60. The largest absolute Gasteiger partial charge is 1.00 e. The monoisotopic (exact) mass is 558 g/mol. The number of quaternary nitrogens is 2. The van der Waals surface area contributed by atoms with Crippen molar-refractivity contribution in [3.05, 3.63) is 0 Å². The number of halogens is 2. The lowest BCUT2D eigenvalue weighted by Crippen LogP contribution is -3.00. The van der Waals surface area contributed by atoms with Gasteiger partial charge in [-0.25, -0.2) is 0 Å². The van der Waals surface area contributed by atoms with Gasteiger partial charge < -0.3 is 44.2 Å². The molecule has 0 aromatic carbocycles. The first kappa shape index (κ1) is 38.2. The molecule has 0 rings (SSSR count). The highest BCUT2D eigenvalue weighted by Crippen LogP contribution is 2.24. The number of rotatable bonds is 18. The van der Waals surface area contributed by atoms with Crippen LogP contribution in [-0.2, 0) is 0 Å². The first-order valence-electron chi connectivity index (χ1n) is 12.8. The molecular weight excluding hydrogens is 500 g/mol. The smallest absolute Gasteiger partial charge is 0.0929 e. The molecule has 0 aliphatic rings. The van der Waals surface area contributed by atoms with E-state index in [1.165, 1.54) is 109 Å². The third-order valence-corrected chi connectivity index (χ3v) is 6.56. The molecule has 30 heavy (non-hydrogen) atoms. The van der Waals surface area contributed by atoms with Crippen LogP contribution in [0.4, 0.5) is 0 Å². The lowest BCUT2D eigenvalue weighted by Gasteiger charge is -2.41. The molecule has 0 amide bonds. The molecule has 0 fully saturated rings. The van der Waals surface area contributed by atoms with E-state index in [9.17, 15) is 0 Å². The second-order valence-electron chi connectivity index (χ2n) is 10.4. The molecule has 0 bridgehead atoms. The van der Waals surface area contributed by atoms with Crippen molar-refractivity contribution in [2.45, 2.75) is 142 Å². The molecule has 0 saturated carbocycles. The quantitative estimate of drug-likeness (QED) is 0.194. The first-order valence-corrected chi connectivity index (χ1v) is 12.8. The van der Waals surface area contributed by atoms with Gasteiger partial charge in [0, 0.05) is 6.42 Å². The van der Waals surface area contributed by atoms with Crippen molar-refractivity contribution in [2.24, 2.45) is 0 Å². The number of nitrogens with zero attached hydrogens (tertiary/aromatic N) is 1. The van der Waals surface area contributed by atoms with E-state index >= 15 is 0 Å². The zero-order chi connectivity index (χ0) is 21.7. The third-order valence-electron chi connectivity index (χ3n) is 6.56. The summed E-state index contributed by atoms with van der Waals surface area (Å²) in [6, 6.07) is 0. The predicted molar refractivity (Wildman–Crippen MR) is 130 cm³/mol. The summed E-state index contributed by atoms with van der Waals surface area (Å²) in [5.74, 6) is 0. The Hall–Kier alpha value is 0.880. The van der Waals surface area contributed by atoms with Crippen molar-refractivity contribution >= 4 is 0 Å². The molecule has 0 aliphatic carbocycles. The maximum absolute atomic E-state index is 3.60. The van der Waals surface area contributed by atoms with E-state index in [0.717, 1.165) is 11.0 Å². The molecule has 4 heteroatoms. The van der Waals surface area contributed by atoms with Crippen LogP contribution in [0, 0.1) is 0 Å². The van der Waals surface area contributed by atoms with Gasteiger partial charge in [-0.2, -0.15) is 0 Å². The Labute approximate surface area is 213 Å². The van der Waals surface area contributed by atoms with E-state index in [4.69, 9.17) is 0 Å². The molecule has 188 valence electrons. The molecule has 3 N–H and O–H groups in total. The molecule has 0 saturated heterocycles. The van der Waals surface area contributed by atoms with Gasteiger partial charge in [-0.15, -0.1) is 0 Å². The van der Waals surface area contributed by atoms with E-state index < -0.39 is 0 Å². The number of unbranched alkanes of at least 4 members (excludes halogenated alkanes) is 14. The van der Waals surface area contributed by atoms with E-state index in [-0.39, 0.29) is 34.0 Å². The van der Waals surface area contributed by atoms with E-state index in [1.54, 1.807) is 0 Å². The second-order valence-corrected chi connectivity index (χ2v) is 10.4. The molecule has 2 nitrogen and oxygen atoms in total. The van der Waals surface area contributed by atoms with Crippen LogP contribution in [0.3, 0.4) is 0 Å². The van der Waals surface area contributed by atoms with Crippen molar-refractivity contribution < 1.29 is 44.2 Å². The van der Waals surface area contributed by atoms with Crippen molar-refractivity contribution in [2.75, 3.05) is 27.7 Å². The molecule has 0 spiro atoms. The van der Waals surface area contributed by atoms with Gasteiger partial charge in [0.2, 0.25) is 0 Å². The lowest BCUT2D eigenvalue weighted by atomic mass is 9.93. The van der Waals surface area contributed by atoms with E-state index in [0.29, 0.717) is 5.54 Å². The maximum Gasteiger partial charge on any atom is 0.0929 e. The molecule has 0 radical (unpaired) electrons. The van der Waals surface area contributed by atoms with Crippen LogP contribution in [0.5, 0.6) is 0 Å². The van der Waals surface area contributed by atoms with Gasteiger partial charge in [0.25, 0.3) is 0 Å². The molecule has 0 unspecified atom stereocenters. The van der Waals surface area contributed by atoms with E-state index in [1.807, 2.05) is 0 Å². The Morgan fingerprint density at radius 1 is 0.533 bits per heavy atom. The SMILES string of the molecule is CCCCCCCCCCCCCCCCCC(C)(C)[N+](C)(C)C.CCC[NH3+].[Br-].[Br-]. The summed E-state index contributed by atoms with van der Waals surface area (Å²) in [5.41, 5.74) is 4.02. The zero-order valence-electron chi connectivity index (χ0n) is 22.1. The number of hydrogen-bond donors (Lipinski definition) is 1. The summed E-state index contributed by atoms with van der Waals surface area (Å²) in [5, 5.41) is 0. The Morgan fingerprint density at radius 3 is 1.03 bits per heavy atom. The topological polar surface area (TPSA) is 27.6 Å². The fraction of sp³-hybridized carbons (Fsp3) is 1.00. The van der Waals surface area contributed by atoms with Gasteiger partial charge in [0.05, 0.1) is 33.2 Å². The fourth-order valence-corrected chi connectivity index (χ4v) is 3.26. The predicted octanol–water partition coefficient (Wildman–Crippen LogP) is 1.38. The summed E-state index contributed by atoms with van der Waals surface area (Å²) in [6.45, 7) is 10.3. The van der Waals surface area contributed by atoms with Crippen molar-refractivity contribution in [3.8, 4) is 0 Å².